The van der Waals surface area contributed by atoms with E-state index in [0.29, 0.717) is 23.5 Å². The molecule has 1 saturated carbocycles. The number of hydrogen-bond acceptors (Lipinski definition) is 6. The highest BCUT2D eigenvalue weighted by Crippen LogP contribution is 2.40. The zero-order valence-electron chi connectivity index (χ0n) is 12.1. The van der Waals surface area contributed by atoms with E-state index in [1.807, 2.05) is 0 Å². The van der Waals surface area contributed by atoms with Crippen molar-refractivity contribution in [2.24, 2.45) is 5.92 Å². The molecule has 3 rings (SSSR count). The zero-order valence-corrected chi connectivity index (χ0v) is 14.3. The van der Waals surface area contributed by atoms with Crippen molar-refractivity contribution in [1.82, 2.24) is 19.5 Å². The van der Waals surface area contributed by atoms with E-state index in [1.165, 1.54) is 0 Å². The maximum atomic E-state index is 12.1. The Morgan fingerprint density at radius 3 is 2.87 bits per heavy atom. The van der Waals surface area contributed by atoms with E-state index in [-0.39, 0.29) is 24.1 Å². The molecule has 0 saturated heterocycles. The van der Waals surface area contributed by atoms with E-state index in [9.17, 15) is 15.0 Å². The topological polar surface area (TPSA) is 130 Å². The minimum absolute atomic E-state index is 0.00322. The maximum absolute atomic E-state index is 12.1. The Bertz CT molecular complexity index is 856. The minimum atomic E-state index is -0.703. The summed E-state index contributed by atoms with van der Waals surface area (Å²) in [6.07, 6.45) is 1.40. The van der Waals surface area contributed by atoms with Crippen LogP contribution in [0.4, 0.5) is 5.95 Å². The molecule has 0 radical (unpaired) electrons. The van der Waals surface area contributed by atoms with Crippen molar-refractivity contribution in [3.05, 3.63) is 32.4 Å². The van der Waals surface area contributed by atoms with Crippen LogP contribution in [0.3, 0.4) is 0 Å². The van der Waals surface area contributed by atoms with Crippen LogP contribution in [0.15, 0.2) is 21.0 Å². The van der Waals surface area contributed by atoms with Gasteiger partial charge in [-0.15, -0.1) is 0 Å². The Balaban J connectivity index is 2.25. The molecule has 2 aromatic heterocycles. The summed E-state index contributed by atoms with van der Waals surface area (Å²) in [5.41, 5.74) is 6.44. The van der Waals surface area contributed by atoms with Crippen LogP contribution in [-0.2, 0) is 0 Å². The number of aromatic amines is 1. The van der Waals surface area contributed by atoms with E-state index in [4.69, 9.17) is 5.73 Å². The Morgan fingerprint density at radius 2 is 2.26 bits per heavy atom. The van der Waals surface area contributed by atoms with Crippen LogP contribution in [0.25, 0.3) is 17.2 Å². The summed E-state index contributed by atoms with van der Waals surface area (Å²) in [4.78, 5) is 23.0. The molecule has 0 unspecified atom stereocenters. The van der Waals surface area contributed by atoms with Gasteiger partial charge in [-0.1, -0.05) is 29.2 Å². The highest BCUT2D eigenvalue weighted by Gasteiger charge is 2.38. The molecule has 23 heavy (non-hydrogen) atoms. The summed E-state index contributed by atoms with van der Waals surface area (Å²) >= 11 is 2.05. The molecule has 1 aliphatic carbocycles. The fourth-order valence-electron chi connectivity index (χ4n) is 3.05. The monoisotopic (exact) mass is 429 g/mol. The molecule has 9 heteroatoms. The number of nitrogens with zero attached hydrogens (tertiary/aromatic N) is 3. The fraction of sp³-hybridized carbons (Fsp3) is 0.357. The average molecular weight is 429 g/mol. The first kappa shape index (κ1) is 16.1. The Hall–Kier alpha value is -1.72. The lowest BCUT2D eigenvalue weighted by Gasteiger charge is -2.17. The van der Waals surface area contributed by atoms with Crippen molar-refractivity contribution < 1.29 is 10.2 Å². The van der Waals surface area contributed by atoms with Gasteiger partial charge >= 0.3 is 0 Å². The van der Waals surface area contributed by atoms with Crippen molar-refractivity contribution in [3.8, 4) is 0 Å². The van der Waals surface area contributed by atoms with Gasteiger partial charge in [0.05, 0.1) is 18.8 Å². The van der Waals surface area contributed by atoms with Crippen LogP contribution in [-0.4, -0.2) is 42.4 Å². The van der Waals surface area contributed by atoms with Crippen molar-refractivity contribution >= 4 is 45.8 Å². The molecule has 8 nitrogen and oxygen atoms in total. The van der Waals surface area contributed by atoms with Gasteiger partial charge in [0, 0.05) is 5.92 Å². The first-order valence-electron chi connectivity index (χ1n) is 7.00. The van der Waals surface area contributed by atoms with Crippen LogP contribution in [0.5, 0.6) is 0 Å². The van der Waals surface area contributed by atoms with Gasteiger partial charge in [-0.25, -0.2) is 4.98 Å². The number of nitrogen functional groups attached to an aromatic ring is 1. The van der Waals surface area contributed by atoms with E-state index < -0.39 is 17.6 Å². The number of aromatic nitrogens is 4. The number of hydrogen-bond donors (Lipinski definition) is 4. The molecule has 3 atom stereocenters. The third-order valence-corrected chi connectivity index (χ3v) is 4.51. The predicted molar refractivity (Wildman–Crippen MR) is 95.0 cm³/mol. The summed E-state index contributed by atoms with van der Waals surface area (Å²) in [5.74, 6) is 0.111. The van der Waals surface area contributed by atoms with Crippen molar-refractivity contribution in [3.63, 3.8) is 0 Å². The van der Waals surface area contributed by atoms with Crippen molar-refractivity contribution in [1.29, 1.82) is 0 Å². The second-order valence-electron chi connectivity index (χ2n) is 5.44. The first-order chi connectivity index (χ1) is 11.0. The van der Waals surface area contributed by atoms with Gasteiger partial charge < -0.3 is 20.5 Å². The van der Waals surface area contributed by atoms with Crippen LogP contribution >= 0.6 is 22.6 Å². The number of anilines is 1. The molecule has 2 heterocycles. The highest BCUT2D eigenvalue weighted by atomic mass is 127. The van der Waals surface area contributed by atoms with Gasteiger partial charge in [-0.05, 0) is 22.2 Å². The summed E-state index contributed by atoms with van der Waals surface area (Å²) in [7, 11) is 0. The average Bonchev–Trinajstić information content (AvgIpc) is 2.97. The molecular formula is C14H16IN5O3. The third kappa shape index (κ3) is 2.58. The number of imidazole rings is 1. The number of aliphatic hydroxyl groups excluding tert-OH is 2. The Morgan fingerprint density at radius 1 is 1.52 bits per heavy atom. The molecule has 1 aliphatic rings. The van der Waals surface area contributed by atoms with Crippen LogP contribution in [0.2, 0.25) is 0 Å². The van der Waals surface area contributed by atoms with Crippen LogP contribution < -0.4 is 11.3 Å². The van der Waals surface area contributed by atoms with E-state index in [1.54, 1.807) is 14.7 Å². The van der Waals surface area contributed by atoms with Crippen LogP contribution in [0.1, 0.15) is 18.3 Å². The molecule has 0 amide bonds. The smallest absolute Gasteiger partial charge is 0.280 e. The van der Waals surface area contributed by atoms with Crippen LogP contribution in [0, 0.1) is 5.92 Å². The lowest BCUT2D eigenvalue weighted by Crippen LogP contribution is -2.17. The van der Waals surface area contributed by atoms with E-state index in [2.05, 4.69) is 44.1 Å². The lowest BCUT2D eigenvalue weighted by molar-refractivity contribution is 0.101. The third-order valence-electron chi connectivity index (χ3n) is 4.15. The second kappa shape index (κ2) is 6.06. The van der Waals surface area contributed by atoms with Gasteiger partial charge in [0.2, 0.25) is 5.95 Å². The predicted octanol–water partition coefficient (Wildman–Crippen LogP) is 0.578. The molecule has 0 aliphatic heterocycles. The molecule has 0 spiro atoms. The number of rotatable bonds is 3. The number of nitrogens with two attached hydrogens (primary N) is 1. The van der Waals surface area contributed by atoms with Gasteiger partial charge in [0.1, 0.15) is 5.82 Å². The maximum Gasteiger partial charge on any atom is 0.280 e. The van der Waals surface area contributed by atoms with E-state index in [0.717, 1.165) is 0 Å². The van der Waals surface area contributed by atoms with E-state index >= 15 is 0 Å². The van der Waals surface area contributed by atoms with Crippen molar-refractivity contribution in [2.75, 3.05) is 12.3 Å². The zero-order chi connectivity index (χ0) is 16.7. The number of H-pyrrole nitrogens is 1. The molecule has 0 bridgehead atoms. The molecule has 0 aromatic carbocycles. The van der Waals surface area contributed by atoms with Gasteiger partial charge in [0.25, 0.3) is 5.56 Å². The normalized spacial score (nSPS) is 25.0. The molecule has 2 aromatic rings. The SMILES string of the molecule is C=C1[C@H](n2c(C=CI)nc3c(=O)[nH]c(N)nc32)C[C@H](O)[C@H]1CO. The molecule has 122 valence electrons. The summed E-state index contributed by atoms with van der Waals surface area (Å²) in [6.45, 7) is 3.82. The summed E-state index contributed by atoms with van der Waals surface area (Å²) in [5, 5.41) is 19.6. The second-order valence-corrected chi connectivity index (χ2v) is 6.16. The molecular weight excluding hydrogens is 413 g/mol. The lowest BCUT2D eigenvalue weighted by atomic mass is 10.0. The number of halogens is 1. The number of fused-ring (bicyclic) bond motifs is 1. The Labute approximate surface area is 144 Å². The molecule has 5 N–H and O–H groups in total. The van der Waals surface area contributed by atoms with Crippen molar-refractivity contribution in [2.45, 2.75) is 18.6 Å². The summed E-state index contributed by atoms with van der Waals surface area (Å²) in [6, 6.07) is -0.316. The van der Waals surface area contributed by atoms with Gasteiger partial charge in [-0.3, -0.25) is 9.78 Å². The number of aliphatic hydroxyl groups is 2. The quantitative estimate of drug-likeness (QED) is 0.417. The highest BCUT2D eigenvalue weighted by molar-refractivity contribution is 14.1. The minimum Gasteiger partial charge on any atom is -0.396 e. The standard InChI is InChI=1S/C14H16IN5O3/c1-6-7(5-21)9(22)4-8(6)20-10(2-3-15)17-11-12(20)18-14(16)19-13(11)23/h2-3,7-9,21-22H,1,4-5H2,(H3,16,18,19,23)/t7-,8+,9-/m0/s1. The van der Waals surface area contributed by atoms with Gasteiger partial charge in [-0.2, -0.15) is 4.98 Å². The largest absolute Gasteiger partial charge is 0.396 e. The molecule has 1 fully saturated rings. The summed E-state index contributed by atoms with van der Waals surface area (Å²) < 4.78 is 3.52. The fourth-order valence-corrected chi connectivity index (χ4v) is 3.37. The first-order valence-corrected chi connectivity index (χ1v) is 8.24. The van der Waals surface area contributed by atoms with Gasteiger partial charge in [0.15, 0.2) is 11.2 Å². The Kier molecular flexibility index (Phi) is 4.25. The number of nitrogens with one attached hydrogen (secondary N) is 1.